The van der Waals surface area contributed by atoms with E-state index in [1.807, 2.05) is 0 Å². The van der Waals surface area contributed by atoms with Gasteiger partial charge in [-0.15, -0.1) is 0 Å². The average molecular weight is 396 g/mol. The summed E-state index contributed by atoms with van der Waals surface area (Å²) >= 11 is 0. The second-order valence-electron chi connectivity index (χ2n) is 9.33. The van der Waals surface area contributed by atoms with Crippen molar-refractivity contribution in [1.82, 2.24) is 0 Å². The van der Waals surface area contributed by atoms with E-state index < -0.39 is 0 Å². The standard InChI is InChI=1S/C29H33N/c1-18(2)13-25-17-29(26-15-20(4)14-21(5)22(26)6)30-28-12-11-24(16-27(25)28)23-9-7-19(3)8-10-23/h7-12,14-18,29-30H,13H2,1-6H3. The molecule has 0 radical (unpaired) electrons. The molecular weight excluding hydrogens is 362 g/mol. The van der Waals surface area contributed by atoms with Crippen molar-refractivity contribution in [3.05, 3.63) is 94.1 Å². The van der Waals surface area contributed by atoms with Crippen molar-refractivity contribution in [2.24, 2.45) is 5.92 Å². The summed E-state index contributed by atoms with van der Waals surface area (Å²) in [6.07, 6.45) is 3.55. The first-order chi connectivity index (χ1) is 14.3. The van der Waals surface area contributed by atoms with Crippen molar-refractivity contribution in [3.8, 4) is 11.1 Å². The maximum Gasteiger partial charge on any atom is 0.0706 e. The Morgan fingerprint density at radius 2 is 1.50 bits per heavy atom. The average Bonchev–Trinajstić information content (AvgIpc) is 2.70. The molecule has 0 amide bonds. The highest BCUT2D eigenvalue weighted by Crippen LogP contribution is 2.41. The van der Waals surface area contributed by atoms with E-state index in [9.17, 15) is 0 Å². The Bertz CT molecular complexity index is 1100. The molecule has 1 heterocycles. The molecule has 30 heavy (non-hydrogen) atoms. The fraction of sp³-hybridized carbons (Fsp3) is 0.310. The zero-order valence-electron chi connectivity index (χ0n) is 19.1. The molecule has 4 rings (SSSR count). The Labute approximate surface area is 181 Å². The van der Waals surface area contributed by atoms with Crippen LogP contribution in [0, 0.1) is 33.6 Å². The van der Waals surface area contributed by atoms with Crippen LogP contribution < -0.4 is 5.32 Å². The first-order valence-electron chi connectivity index (χ1n) is 11.1. The summed E-state index contributed by atoms with van der Waals surface area (Å²) in [7, 11) is 0. The summed E-state index contributed by atoms with van der Waals surface area (Å²) < 4.78 is 0. The number of benzene rings is 3. The van der Waals surface area contributed by atoms with E-state index >= 15 is 0 Å². The number of fused-ring (bicyclic) bond motifs is 1. The highest BCUT2D eigenvalue weighted by atomic mass is 14.9. The number of nitrogens with one attached hydrogen (secondary N) is 1. The zero-order valence-corrected chi connectivity index (χ0v) is 19.1. The van der Waals surface area contributed by atoms with Gasteiger partial charge in [0.05, 0.1) is 6.04 Å². The molecule has 0 saturated heterocycles. The molecule has 1 N–H and O–H groups in total. The smallest absolute Gasteiger partial charge is 0.0706 e. The quantitative estimate of drug-likeness (QED) is 0.469. The predicted molar refractivity (Wildman–Crippen MR) is 131 cm³/mol. The van der Waals surface area contributed by atoms with Crippen molar-refractivity contribution >= 4 is 11.3 Å². The molecular formula is C29H33N. The summed E-state index contributed by atoms with van der Waals surface area (Å²) in [5.74, 6) is 0.617. The van der Waals surface area contributed by atoms with Gasteiger partial charge in [-0.1, -0.05) is 73.5 Å². The van der Waals surface area contributed by atoms with E-state index in [4.69, 9.17) is 0 Å². The summed E-state index contributed by atoms with van der Waals surface area (Å²) in [6.45, 7) is 13.4. The van der Waals surface area contributed by atoms with Crippen LogP contribution in [0.5, 0.6) is 0 Å². The lowest BCUT2D eigenvalue weighted by Crippen LogP contribution is -2.17. The molecule has 1 aliphatic rings. The summed E-state index contributed by atoms with van der Waals surface area (Å²) in [4.78, 5) is 0. The van der Waals surface area contributed by atoms with Crippen LogP contribution in [0.2, 0.25) is 0 Å². The van der Waals surface area contributed by atoms with Crippen LogP contribution in [0.3, 0.4) is 0 Å². The number of anilines is 1. The monoisotopic (exact) mass is 395 g/mol. The summed E-state index contributed by atoms with van der Waals surface area (Å²) in [6, 6.07) is 20.6. The fourth-order valence-electron chi connectivity index (χ4n) is 4.54. The summed E-state index contributed by atoms with van der Waals surface area (Å²) in [5, 5.41) is 3.82. The highest BCUT2D eigenvalue weighted by molar-refractivity contribution is 5.84. The Morgan fingerprint density at radius 1 is 0.800 bits per heavy atom. The first kappa shape index (κ1) is 20.5. The van der Waals surface area contributed by atoms with E-state index in [0.29, 0.717) is 5.92 Å². The molecule has 0 saturated carbocycles. The Morgan fingerprint density at radius 3 is 2.20 bits per heavy atom. The molecule has 0 spiro atoms. The maximum absolute atomic E-state index is 3.82. The van der Waals surface area contributed by atoms with Crippen LogP contribution in [-0.2, 0) is 0 Å². The Hall–Kier alpha value is -2.80. The zero-order chi connectivity index (χ0) is 21.4. The lowest BCUT2D eigenvalue weighted by Gasteiger charge is -2.30. The molecule has 3 aromatic rings. The number of hydrogen-bond donors (Lipinski definition) is 1. The van der Waals surface area contributed by atoms with E-state index in [0.717, 1.165) is 6.42 Å². The minimum atomic E-state index is 0.218. The fourth-order valence-corrected chi connectivity index (χ4v) is 4.54. The normalized spacial score (nSPS) is 15.6. The van der Waals surface area contributed by atoms with Crippen molar-refractivity contribution in [1.29, 1.82) is 0 Å². The number of rotatable bonds is 4. The number of aryl methyl sites for hydroxylation is 3. The molecule has 1 heteroatoms. The molecule has 0 aromatic heterocycles. The lowest BCUT2D eigenvalue weighted by atomic mass is 9.85. The molecule has 0 bridgehead atoms. The van der Waals surface area contributed by atoms with E-state index in [2.05, 4.69) is 108 Å². The van der Waals surface area contributed by atoms with Crippen molar-refractivity contribution in [2.45, 2.75) is 54.0 Å². The summed E-state index contributed by atoms with van der Waals surface area (Å²) in [5.41, 5.74) is 13.4. The van der Waals surface area contributed by atoms with Gasteiger partial charge in [-0.3, -0.25) is 0 Å². The molecule has 0 aliphatic carbocycles. The van der Waals surface area contributed by atoms with Crippen molar-refractivity contribution in [3.63, 3.8) is 0 Å². The van der Waals surface area contributed by atoms with Crippen LogP contribution >= 0.6 is 0 Å². The van der Waals surface area contributed by atoms with Crippen LogP contribution in [-0.4, -0.2) is 0 Å². The third-order valence-corrected chi connectivity index (χ3v) is 6.24. The molecule has 1 aliphatic heterocycles. The minimum absolute atomic E-state index is 0.218. The largest absolute Gasteiger partial charge is 0.374 e. The van der Waals surface area contributed by atoms with Gasteiger partial charge in [-0.25, -0.2) is 0 Å². The lowest BCUT2D eigenvalue weighted by molar-refractivity contribution is 0.670. The SMILES string of the molecule is Cc1ccc(-c2ccc3c(c2)C(CC(C)C)=CC(c2cc(C)cc(C)c2C)N3)cc1. The molecule has 1 atom stereocenters. The topological polar surface area (TPSA) is 12.0 Å². The van der Waals surface area contributed by atoms with Gasteiger partial charge in [0.15, 0.2) is 0 Å². The Kier molecular flexibility index (Phi) is 5.56. The van der Waals surface area contributed by atoms with Crippen LogP contribution in [0.25, 0.3) is 16.7 Å². The highest BCUT2D eigenvalue weighted by Gasteiger charge is 2.23. The second kappa shape index (κ2) is 8.14. The predicted octanol–water partition coefficient (Wildman–Crippen LogP) is 8.18. The van der Waals surface area contributed by atoms with Crippen LogP contribution in [0.15, 0.2) is 60.7 Å². The minimum Gasteiger partial charge on any atom is -0.374 e. The van der Waals surface area contributed by atoms with Gasteiger partial charge in [0.2, 0.25) is 0 Å². The first-order valence-corrected chi connectivity index (χ1v) is 11.1. The van der Waals surface area contributed by atoms with Gasteiger partial charge in [0, 0.05) is 11.3 Å². The van der Waals surface area contributed by atoms with Crippen molar-refractivity contribution < 1.29 is 0 Å². The maximum atomic E-state index is 3.82. The molecule has 1 unspecified atom stereocenters. The molecule has 154 valence electrons. The van der Waals surface area contributed by atoms with E-state index in [1.54, 1.807) is 0 Å². The van der Waals surface area contributed by atoms with Gasteiger partial charge < -0.3 is 5.32 Å². The van der Waals surface area contributed by atoms with Gasteiger partial charge in [0.1, 0.15) is 0 Å². The van der Waals surface area contributed by atoms with Gasteiger partial charge in [0.25, 0.3) is 0 Å². The molecule has 1 nitrogen and oxygen atoms in total. The van der Waals surface area contributed by atoms with Gasteiger partial charge >= 0.3 is 0 Å². The van der Waals surface area contributed by atoms with Crippen LogP contribution in [0.4, 0.5) is 5.69 Å². The third-order valence-electron chi connectivity index (χ3n) is 6.24. The van der Waals surface area contributed by atoms with Gasteiger partial charge in [-0.05, 0) is 85.6 Å². The number of hydrogen-bond acceptors (Lipinski definition) is 1. The third kappa shape index (κ3) is 4.07. The number of allylic oxidation sites excluding steroid dienone is 1. The second-order valence-corrected chi connectivity index (χ2v) is 9.33. The van der Waals surface area contributed by atoms with Crippen LogP contribution in [0.1, 0.15) is 59.7 Å². The van der Waals surface area contributed by atoms with Crippen molar-refractivity contribution in [2.75, 3.05) is 5.32 Å². The molecule has 3 aromatic carbocycles. The van der Waals surface area contributed by atoms with E-state index in [1.165, 1.54) is 55.8 Å². The van der Waals surface area contributed by atoms with Gasteiger partial charge in [-0.2, -0.15) is 0 Å². The van der Waals surface area contributed by atoms with E-state index in [-0.39, 0.29) is 6.04 Å². The molecule has 0 fully saturated rings. The Balaban J connectivity index is 1.79.